The average molecular weight is 746 g/mol. The first-order valence-electron chi connectivity index (χ1n) is 14.4. The summed E-state index contributed by atoms with van der Waals surface area (Å²) < 4.78 is -0.739. The summed E-state index contributed by atoms with van der Waals surface area (Å²) in [6, 6.07) is 0. The summed E-state index contributed by atoms with van der Waals surface area (Å²) >= 11 is 26.4. The molecule has 4 bridgehead atoms. The zero-order valence-corrected chi connectivity index (χ0v) is 29.7. The first kappa shape index (κ1) is 39.9. The van der Waals surface area contributed by atoms with Crippen LogP contribution in [0.25, 0.3) is 0 Å². The molecular weight excluding hydrogens is 693 g/mol. The first-order valence-corrected chi connectivity index (χ1v) is 16.0. The van der Waals surface area contributed by atoms with Crippen molar-refractivity contribution in [1.82, 2.24) is 39.2 Å². The second-order valence-corrected chi connectivity index (χ2v) is 14.0. The van der Waals surface area contributed by atoms with Gasteiger partial charge in [0.15, 0.2) is 4.46 Å². The van der Waals surface area contributed by atoms with E-state index in [0.717, 1.165) is 111 Å². The SMILES string of the molecule is CN1CCCN2CCN(C)CCC(Cl)(Cl)N(CC1)CC2.CN1CCN2CCN(C)CCN(CC1)C(Cl)C2Cl.[Cu+2].[Cu+2]. The molecule has 4 atom stereocenters. The Morgan fingerprint density at radius 1 is 0.475 bits per heavy atom. The van der Waals surface area contributed by atoms with E-state index in [1.807, 2.05) is 0 Å². The molecule has 0 aromatic carbocycles. The van der Waals surface area contributed by atoms with Crippen LogP contribution in [0.4, 0.5) is 0 Å². The van der Waals surface area contributed by atoms with Crippen molar-refractivity contribution in [2.24, 2.45) is 0 Å². The maximum Gasteiger partial charge on any atom is 2.00 e. The van der Waals surface area contributed by atoms with Crippen LogP contribution in [0.3, 0.4) is 0 Å². The fourth-order valence-corrected chi connectivity index (χ4v) is 6.61. The largest absolute Gasteiger partial charge is 2.00 e. The van der Waals surface area contributed by atoms with E-state index in [2.05, 4.69) is 67.4 Å². The number of alkyl halides is 4. The van der Waals surface area contributed by atoms with Crippen molar-refractivity contribution in [3.63, 3.8) is 0 Å². The van der Waals surface area contributed by atoms with Crippen LogP contribution in [0.5, 0.6) is 0 Å². The normalized spacial score (nSPS) is 36.0. The van der Waals surface area contributed by atoms with Gasteiger partial charge >= 0.3 is 34.1 Å². The molecule has 0 aromatic heterocycles. The van der Waals surface area contributed by atoms with Gasteiger partial charge in [-0.3, -0.25) is 14.7 Å². The molecule has 0 spiro atoms. The zero-order valence-electron chi connectivity index (χ0n) is 24.8. The van der Waals surface area contributed by atoms with Crippen molar-refractivity contribution in [2.75, 3.05) is 139 Å². The fraction of sp³-hybridized carbons (Fsp3) is 1.00. The predicted octanol–water partition coefficient (Wildman–Crippen LogP) is 2.00. The third-order valence-corrected chi connectivity index (χ3v) is 10.5. The Morgan fingerprint density at radius 3 is 1.38 bits per heavy atom. The van der Waals surface area contributed by atoms with Crippen molar-refractivity contribution in [3.8, 4) is 0 Å². The standard InChI is InChI=1S/C14H28Cl2N4.C12H24Cl2N4.2Cu/c1-17-5-3-6-19-10-8-18(2)7-4-14(15,16)20(12-9-17)13-11-19;1-15-3-7-17-9-5-16(2)6-10-18(8-4-15)12(14)11(17)13;;/h3-13H2,1-2H3;11-12H,3-10H2,1-2H3;;/q;;2*+2. The van der Waals surface area contributed by atoms with E-state index < -0.39 is 4.46 Å². The molecule has 4 fully saturated rings. The van der Waals surface area contributed by atoms with Gasteiger partial charge in [0.25, 0.3) is 0 Å². The molecule has 4 aliphatic rings. The van der Waals surface area contributed by atoms with Gasteiger partial charge in [-0.05, 0) is 47.7 Å². The molecule has 4 saturated heterocycles. The molecule has 8 nitrogen and oxygen atoms in total. The average Bonchev–Trinajstić information content (AvgIpc) is 2.96. The second-order valence-electron chi connectivity index (χ2n) is 11.6. The Morgan fingerprint density at radius 2 is 0.850 bits per heavy atom. The van der Waals surface area contributed by atoms with Crippen molar-refractivity contribution in [1.29, 1.82) is 0 Å². The van der Waals surface area contributed by atoms with Crippen molar-refractivity contribution >= 4 is 46.4 Å². The molecule has 2 radical (unpaired) electrons. The van der Waals surface area contributed by atoms with E-state index in [0.29, 0.717) is 0 Å². The molecule has 4 heterocycles. The zero-order chi connectivity index (χ0) is 27.7. The quantitative estimate of drug-likeness (QED) is 0.212. The number of rotatable bonds is 0. The second kappa shape index (κ2) is 20.1. The Labute approximate surface area is 285 Å². The number of likely N-dealkylation sites (N-methyl/N-ethyl adjacent to an activating group) is 4. The van der Waals surface area contributed by atoms with Gasteiger partial charge < -0.3 is 24.5 Å². The number of halogens is 4. The third kappa shape index (κ3) is 13.5. The van der Waals surface area contributed by atoms with Crippen molar-refractivity contribution in [3.05, 3.63) is 0 Å². The van der Waals surface area contributed by atoms with E-state index in [-0.39, 0.29) is 45.1 Å². The number of hydrogen-bond acceptors (Lipinski definition) is 8. The van der Waals surface area contributed by atoms with Gasteiger partial charge in [-0.15, -0.1) is 23.2 Å². The fourth-order valence-electron chi connectivity index (χ4n) is 5.40. The van der Waals surface area contributed by atoms with Crippen LogP contribution in [-0.2, 0) is 34.1 Å². The van der Waals surface area contributed by atoms with Gasteiger partial charge in [0.1, 0.15) is 11.0 Å². The summed E-state index contributed by atoms with van der Waals surface area (Å²) in [5, 5.41) is 0. The summed E-state index contributed by atoms with van der Waals surface area (Å²) in [5.41, 5.74) is -0.186. The minimum atomic E-state index is -0.739. The van der Waals surface area contributed by atoms with Crippen LogP contribution in [0, 0.1) is 0 Å². The molecule has 0 N–H and O–H groups in total. The van der Waals surface area contributed by atoms with Gasteiger partial charge in [0.2, 0.25) is 0 Å². The van der Waals surface area contributed by atoms with Gasteiger partial charge in [-0.1, -0.05) is 23.2 Å². The van der Waals surface area contributed by atoms with Gasteiger partial charge in [0.05, 0.1) is 0 Å². The smallest absolute Gasteiger partial charge is 0.305 e. The molecule has 0 aromatic rings. The minimum Gasteiger partial charge on any atom is -0.305 e. The summed E-state index contributed by atoms with van der Waals surface area (Å²) in [5.74, 6) is 0. The predicted molar refractivity (Wildman–Crippen MR) is 164 cm³/mol. The third-order valence-electron chi connectivity index (χ3n) is 8.51. The summed E-state index contributed by atoms with van der Waals surface area (Å²) in [4.78, 5) is 18.9. The Bertz CT molecular complexity index is 647. The van der Waals surface area contributed by atoms with E-state index >= 15 is 0 Å². The van der Waals surface area contributed by atoms with Crippen LogP contribution >= 0.6 is 46.4 Å². The Kier molecular flexibility index (Phi) is 20.0. The van der Waals surface area contributed by atoms with Crippen LogP contribution in [-0.4, -0.2) is 194 Å². The first-order chi connectivity index (χ1) is 18.0. The molecule has 0 amide bonds. The molecule has 242 valence electrons. The van der Waals surface area contributed by atoms with E-state index in [9.17, 15) is 0 Å². The summed E-state index contributed by atoms with van der Waals surface area (Å²) in [6.45, 7) is 17.8. The molecule has 0 aliphatic carbocycles. The molecule has 4 rings (SSSR count). The van der Waals surface area contributed by atoms with Gasteiger partial charge in [-0.25, -0.2) is 0 Å². The monoisotopic (exact) mass is 742 g/mol. The van der Waals surface area contributed by atoms with Crippen molar-refractivity contribution in [2.45, 2.75) is 28.3 Å². The molecule has 0 saturated carbocycles. The minimum absolute atomic E-state index is 0. The van der Waals surface area contributed by atoms with Gasteiger partial charge in [-0.2, -0.15) is 0 Å². The van der Waals surface area contributed by atoms with Crippen LogP contribution in [0.15, 0.2) is 0 Å². The summed E-state index contributed by atoms with van der Waals surface area (Å²) in [6.07, 6.45) is 2.05. The van der Waals surface area contributed by atoms with Crippen LogP contribution in [0.1, 0.15) is 12.8 Å². The van der Waals surface area contributed by atoms with E-state index in [4.69, 9.17) is 46.4 Å². The Balaban J connectivity index is 0.000000383. The summed E-state index contributed by atoms with van der Waals surface area (Å²) in [7, 11) is 8.69. The maximum absolute atomic E-state index is 6.63. The van der Waals surface area contributed by atoms with Crippen LogP contribution < -0.4 is 0 Å². The van der Waals surface area contributed by atoms with Crippen molar-refractivity contribution < 1.29 is 34.1 Å². The number of nitrogens with zero attached hydrogens (tertiary/aromatic N) is 8. The molecular formula is C26H52Cl4Cu2N8+4. The van der Waals surface area contributed by atoms with E-state index in [1.54, 1.807) is 0 Å². The molecule has 4 aliphatic heterocycles. The van der Waals surface area contributed by atoms with E-state index in [1.165, 1.54) is 13.0 Å². The van der Waals surface area contributed by atoms with Crippen LogP contribution in [0.2, 0.25) is 0 Å². The Hall–Kier alpha value is 1.88. The number of hydrogen-bond donors (Lipinski definition) is 0. The molecule has 40 heavy (non-hydrogen) atoms. The topological polar surface area (TPSA) is 25.9 Å². The van der Waals surface area contributed by atoms with Gasteiger partial charge in [0, 0.05) is 105 Å². The number of fused-ring (bicyclic) bond motifs is 6. The maximum atomic E-state index is 6.63. The molecule has 14 heteroatoms. The molecule has 4 unspecified atom stereocenters.